The number of carbonyl (C=O) groups excluding carboxylic acids is 1. The molecule has 7 nitrogen and oxygen atoms in total. The van der Waals surface area contributed by atoms with Gasteiger partial charge < -0.3 is 14.8 Å². The third-order valence-corrected chi connectivity index (χ3v) is 5.11. The number of benzene rings is 2. The molecule has 0 fully saturated rings. The number of anilines is 1. The molecule has 0 unspecified atom stereocenters. The SMILES string of the molecule is CN(C)c1ccc(CNC(=O)Cn2c3ccccc3c3cnn(C)c(=O)c32)cc1. The second kappa shape index (κ2) is 7.43. The molecule has 2 aromatic heterocycles. The van der Waals surface area contributed by atoms with Gasteiger partial charge in [0.1, 0.15) is 12.1 Å². The highest BCUT2D eigenvalue weighted by atomic mass is 16.2. The molecule has 1 N–H and O–H groups in total. The van der Waals surface area contributed by atoms with E-state index in [1.807, 2.05) is 67.5 Å². The first-order chi connectivity index (χ1) is 14.0. The third-order valence-electron chi connectivity index (χ3n) is 5.11. The Balaban J connectivity index is 1.60. The molecule has 4 rings (SSSR count). The number of hydrogen-bond acceptors (Lipinski definition) is 4. The van der Waals surface area contributed by atoms with Crippen molar-refractivity contribution in [2.75, 3.05) is 19.0 Å². The Morgan fingerprint density at radius 1 is 1.07 bits per heavy atom. The average molecular weight is 389 g/mol. The molecular formula is C22H23N5O2. The van der Waals surface area contributed by atoms with Crippen LogP contribution in [0.4, 0.5) is 5.69 Å². The zero-order chi connectivity index (χ0) is 20.5. The number of hydrogen-bond donors (Lipinski definition) is 1. The molecule has 0 radical (unpaired) electrons. The van der Waals surface area contributed by atoms with Crippen molar-refractivity contribution in [3.05, 3.63) is 70.6 Å². The number of nitrogens with zero attached hydrogens (tertiary/aromatic N) is 4. The van der Waals surface area contributed by atoms with Gasteiger partial charge in [-0.2, -0.15) is 5.10 Å². The van der Waals surface area contributed by atoms with Gasteiger partial charge >= 0.3 is 0 Å². The van der Waals surface area contributed by atoms with Gasteiger partial charge in [0.2, 0.25) is 5.91 Å². The molecule has 148 valence electrons. The largest absolute Gasteiger partial charge is 0.378 e. The van der Waals surface area contributed by atoms with Crippen LogP contribution in [0.15, 0.2) is 59.5 Å². The van der Waals surface area contributed by atoms with Gasteiger partial charge in [0.15, 0.2) is 0 Å². The second-order valence-electron chi connectivity index (χ2n) is 7.28. The van der Waals surface area contributed by atoms with Crippen molar-refractivity contribution >= 4 is 33.4 Å². The van der Waals surface area contributed by atoms with Crippen LogP contribution in [0.3, 0.4) is 0 Å². The summed E-state index contributed by atoms with van der Waals surface area (Å²) in [4.78, 5) is 27.4. The van der Waals surface area contributed by atoms with Crippen molar-refractivity contribution in [1.82, 2.24) is 19.7 Å². The molecule has 2 aromatic carbocycles. The fourth-order valence-electron chi connectivity index (χ4n) is 3.52. The number of nitrogens with one attached hydrogen (secondary N) is 1. The molecule has 7 heteroatoms. The summed E-state index contributed by atoms with van der Waals surface area (Å²) in [7, 11) is 5.59. The fraction of sp³-hybridized carbons (Fsp3) is 0.227. The Labute approximate surface area is 168 Å². The number of carbonyl (C=O) groups is 1. The van der Waals surface area contributed by atoms with E-state index in [-0.39, 0.29) is 18.0 Å². The summed E-state index contributed by atoms with van der Waals surface area (Å²) in [6, 6.07) is 15.7. The van der Waals surface area contributed by atoms with Gasteiger partial charge in [0.05, 0.1) is 6.20 Å². The van der Waals surface area contributed by atoms with Gasteiger partial charge in [-0.05, 0) is 23.8 Å². The van der Waals surface area contributed by atoms with Gasteiger partial charge in [0, 0.05) is 49.7 Å². The van der Waals surface area contributed by atoms with E-state index in [0.29, 0.717) is 12.1 Å². The summed E-state index contributed by atoms with van der Waals surface area (Å²) in [5, 5.41) is 8.76. The van der Waals surface area contributed by atoms with Crippen LogP contribution in [0, 0.1) is 0 Å². The van der Waals surface area contributed by atoms with E-state index in [0.717, 1.165) is 27.5 Å². The van der Waals surface area contributed by atoms with Gasteiger partial charge in [0.25, 0.3) is 5.56 Å². The zero-order valence-electron chi connectivity index (χ0n) is 16.7. The first kappa shape index (κ1) is 18.7. The summed E-state index contributed by atoms with van der Waals surface area (Å²) in [6.07, 6.45) is 1.68. The summed E-state index contributed by atoms with van der Waals surface area (Å²) in [5.74, 6) is -0.150. The average Bonchev–Trinajstić information content (AvgIpc) is 3.04. The molecular weight excluding hydrogens is 366 g/mol. The summed E-state index contributed by atoms with van der Waals surface area (Å²) < 4.78 is 3.07. The summed E-state index contributed by atoms with van der Waals surface area (Å²) in [6.45, 7) is 0.502. The van der Waals surface area contributed by atoms with E-state index in [9.17, 15) is 9.59 Å². The molecule has 0 aliphatic rings. The highest BCUT2D eigenvalue weighted by molar-refractivity contribution is 6.07. The first-order valence-corrected chi connectivity index (χ1v) is 9.42. The van der Waals surface area contributed by atoms with Crippen molar-refractivity contribution in [1.29, 1.82) is 0 Å². The number of aryl methyl sites for hydroxylation is 1. The molecule has 0 aliphatic carbocycles. The summed E-state index contributed by atoms with van der Waals surface area (Å²) >= 11 is 0. The molecule has 0 bridgehead atoms. The Bertz CT molecular complexity index is 1250. The van der Waals surface area contributed by atoms with Gasteiger partial charge in [-0.15, -0.1) is 0 Å². The lowest BCUT2D eigenvalue weighted by molar-refractivity contribution is -0.121. The maximum Gasteiger partial charge on any atom is 0.291 e. The standard InChI is InChI=1S/C22H23N5O2/c1-25(2)16-10-8-15(9-11-16)12-23-20(28)14-27-19-7-5-4-6-17(19)18-13-24-26(3)22(29)21(18)27/h4-11,13H,12,14H2,1-3H3,(H,23,28). The minimum atomic E-state index is -0.217. The van der Waals surface area contributed by atoms with Crippen molar-refractivity contribution in [2.24, 2.45) is 7.05 Å². The molecule has 1 amide bonds. The number of para-hydroxylation sites is 1. The zero-order valence-corrected chi connectivity index (χ0v) is 16.7. The van der Waals surface area contributed by atoms with Crippen molar-refractivity contribution in [3.8, 4) is 0 Å². The van der Waals surface area contributed by atoms with Crippen LogP contribution in [0.1, 0.15) is 5.56 Å². The fourth-order valence-corrected chi connectivity index (χ4v) is 3.52. The van der Waals surface area contributed by atoms with Crippen LogP contribution in [-0.2, 0) is 24.9 Å². The monoisotopic (exact) mass is 389 g/mol. The predicted octanol–water partition coefficient (Wildman–Crippen LogP) is 2.27. The lowest BCUT2D eigenvalue weighted by atomic mass is 10.2. The minimum Gasteiger partial charge on any atom is -0.378 e. The maximum atomic E-state index is 12.7. The molecule has 4 aromatic rings. The van der Waals surface area contributed by atoms with Crippen LogP contribution >= 0.6 is 0 Å². The van der Waals surface area contributed by atoms with Crippen LogP contribution in [0.2, 0.25) is 0 Å². The van der Waals surface area contributed by atoms with Gasteiger partial charge in [-0.25, -0.2) is 4.68 Å². The molecule has 0 saturated carbocycles. The summed E-state index contributed by atoms with van der Waals surface area (Å²) in [5.41, 5.74) is 3.25. The minimum absolute atomic E-state index is 0.0685. The van der Waals surface area contributed by atoms with E-state index < -0.39 is 0 Å². The molecule has 2 heterocycles. The van der Waals surface area contributed by atoms with Crippen LogP contribution < -0.4 is 15.8 Å². The number of amides is 1. The topological polar surface area (TPSA) is 72.2 Å². The second-order valence-corrected chi connectivity index (χ2v) is 7.28. The quantitative estimate of drug-likeness (QED) is 0.568. The maximum absolute atomic E-state index is 12.7. The van der Waals surface area contributed by atoms with Crippen molar-refractivity contribution in [2.45, 2.75) is 13.1 Å². The Hall–Kier alpha value is -3.61. The van der Waals surface area contributed by atoms with Crippen molar-refractivity contribution < 1.29 is 4.79 Å². The Kier molecular flexibility index (Phi) is 4.80. The molecule has 0 aliphatic heterocycles. The molecule has 29 heavy (non-hydrogen) atoms. The van der Waals surface area contributed by atoms with E-state index in [4.69, 9.17) is 0 Å². The van der Waals surface area contributed by atoms with E-state index in [1.165, 1.54) is 4.68 Å². The smallest absolute Gasteiger partial charge is 0.291 e. The van der Waals surface area contributed by atoms with Gasteiger partial charge in [-0.3, -0.25) is 9.59 Å². The van der Waals surface area contributed by atoms with Crippen molar-refractivity contribution in [3.63, 3.8) is 0 Å². The highest BCUT2D eigenvalue weighted by Gasteiger charge is 2.16. The van der Waals surface area contributed by atoms with E-state index >= 15 is 0 Å². The molecule has 0 atom stereocenters. The highest BCUT2D eigenvalue weighted by Crippen LogP contribution is 2.26. The lowest BCUT2D eigenvalue weighted by Gasteiger charge is -2.13. The van der Waals surface area contributed by atoms with Crippen LogP contribution in [0.5, 0.6) is 0 Å². The van der Waals surface area contributed by atoms with E-state index in [2.05, 4.69) is 10.4 Å². The number of rotatable bonds is 5. The molecule has 0 saturated heterocycles. The van der Waals surface area contributed by atoms with Gasteiger partial charge in [-0.1, -0.05) is 30.3 Å². The van der Waals surface area contributed by atoms with Crippen LogP contribution in [-0.4, -0.2) is 34.4 Å². The predicted molar refractivity (Wildman–Crippen MR) is 115 cm³/mol. The Morgan fingerprint density at radius 2 is 1.79 bits per heavy atom. The number of fused-ring (bicyclic) bond motifs is 3. The third kappa shape index (κ3) is 3.47. The normalized spacial score (nSPS) is 11.1. The van der Waals surface area contributed by atoms with Crippen LogP contribution in [0.25, 0.3) is 21.8 Å². The first-order valence-electron chi connectivity index (χ1n) is 9.42. The number of aromatic nitrogens is 3. The van der Waals surface area contributed by atoms with E-state index in [1.54, 1.807) is 17.8 Å². The lowest BCUT2D eigenvalue weighted by Crippen LogP contribution is -2.29. The Morgan fingerprint density at radius 3 is 2.52 bits per heavy atom. The molecule has 0 spiro atoms.